The fourth-order valence-corrected chi connectivity index (χ4v) is 4.09. The Hall–Kier alpha value is -2.02. The fourth-order valence-electron chi connectivity index (χ4n) is 4.09. The summed E-state index contributed by atoms with van der Waals surface area (Å²) in [6.07, 6.45) is 5.24. The largest absolute Gasteiger partial charge is 0.490 e. The van der Waals surface area contributed by atoms with Gasteiger partial charge in [0, 0.05) is 62.8 Å². The molecule has 3 heterocycles. The molecule has 2 aliphatic rings. The topological polar surface area (TPSA) is 57.7 Å². The van der Waals surface area contributed by atoms with Crippen molar-refractivity contribution >= 4 is 16.6 Å². The first-order valence-electron chi connectivity index (χ1n) is 10.8. The number of likely N-dealkylation sites (N-methyl/N-ethyl adjacent to an activating group) is 1. The summed E-state index contributed by atoms with van der Waals surface area (Å²) in [5.41, 5.74) is 0.847. The number of aromatic nitrogens is 1. The van der Waals surface area contributed by atoms with Gasteiger partial charge in [0.15, 0.2) is 0 Å². The molecule has 1 N–H and O–H groups in total. The number of ketones is 1. The van der Waals surface area contributed by atoms with E-state index in [2.05, 4.69) is 39.3 Å². The molecule has 2 fully saturated rings. The quantitative estimate of drug-likeness (QED) is 0.774. The van der Waals surface area contributed by atoms with Gasteiger partial charge < -0.3 is 19.9 Å². The van der Waals surface area contributed by atoms with Crippen LogP contribution in [-0.4, -0.2) is 79.5 Å². The van der Waals surface area contributed by atoms with Crippen molar-refractivity contribution in [1.82, 2.24) is 20.1 Å². The molecule has 6 heteroatoms. The molecule has 29 heavy (non-hydrogen) atoms. The van der Waals surface area contributed by atoms with Crippen molar-refractivity contribution in [2.24, 2.45) is 0 Å². The molecular formula is C23H32N4O2. The van der Waals surface area contributed by atoms with E-state index in [0.717, 1.165) is 80.9 Å². The van der Waals surface area contributed by atoms with Crippen molar-refractivity contribution in [3.63, 3.8) is 0 Å². The number of rotatable bonds is 7. The number of nitrogens with one attached hydrogen (secondary N) is 1. The molecule has 4 rings (SSSR count). The molecule has 2 aliphatic heterocycles. The summed E-state index contributed by atoms with van der Waals surface area (Å²) in [6.45, 7) is 7.17. The number of nitrogens with zero attached hydrogens (tertiary/aromatic N) is 3. The Labute approximate surface area is 173 Å². The monoisotopic (exact) mass is 396 g/mol. The van der Waals surface area contributed by atoms with Crippen molar-refractivity contribution in [3.8, 4) is 5.75 Å². The minimum absolute atomic E-state index is 0.262. The summed E-state index contributed by atoms with van der Waals surface area (Å²) < 4.78 is 6.16. The van der Waals surface area contributed by atoms with Gasteiger partial charge in [-0.15, -0.1) is 0 Å². The van der Waals surface area contributed by atoms with E-state index in [9.17, 15) is 4.79 Å². The Kier molecular flexibility index (Phi) is 6.74. The molecule has 0 saturated carbocycles. The van der Waals surface area contributed by atoms with Gasteiger partial charge in [-0.2, -0.15) is 0 Å². The second kappa shape index (κ2) is 9.65. The Morgan fingerprint density at radius 3 is 2.72 bits per heavy atom. The van der Waals surface area contributed by atoms with Crippen molar-refractivity contribution in [1.29, 1.82) is 0 Å². The number of fused-ring (bicyclic) bond motifs is 1. The van der Waals surface area contributed by atoms with Gasteiger partial charge >= 0.3 is 0 Å². The average Bonchev–Trinajstić information content (AvgIpc) is 2.74. The van der Waals surface area contributed by atoms with Crippen LogP contribution in [-0.2, 0) is 11.2 Å². The van der Waals surface area contributed by atoms with Gasteiger partial charge in [-0.05, 0) is 62.6 Å². The zero-order valence-electron chi connectivity index (χ0n) is 17.4. The first-order valence-corrected chi connectivity index (χ1v) is 10.8. The molecule has 0 bridgehead atoms. The number of pyridine rings is 1. The van der Waals surface area contributed by atoms with E-state index in [-0.39, 0.29) is 11.9 Å². The van der Waals surface area contributed by atoms with E-state index >= 15 is 0 Å². The van der Waals surface area contributed by atoms with Gasteiger partial charge in [-0.3, -0.25) is 9.78 Å². The number of Topliss-reactive ketones (excluding diaryl/α,β-unsaturated/α-hetero) is 1. The van der Waals surface area contributed by atoms with Crippen LogP contribution in [0.1, 0.15) is 25.0 Å². The highest BCUT2D eigenvalue weighted by atomic mass is 16.5. The van der Waals surface area contributed by atoms with Crippen LogP contribution in [0.2, 0.25) is 0 Å². The predicted octanol–water partition coefficient (Wildman–Crippen LogP) is 2.11. The summed E-state index contributed by atoms with van der Waals surface area (Å²) in [4.78, 5) is 21.7. The zero-order valence-corrected chi connectivity index (χ0v) is 17.4. The normalized spacial score (nSPS) is 19.5. The molecule has 0 amide bonds. The van der Waals surface area contributed by atoms with E-state index in [1.54, 1.807) is 0 Å². The Balaban J connectivity index is 1.34. The molecule has 0 radical (unpaired) electrons. The number of hydrogen-bond donors (Lipinski definition) is 1. The van der Waals surface area contributed by atoms with Crippen molar-refractivity contribution in [3.05, 3.63) is 36.2 Å². The zero-order chi connectivity index (χ0) is 20.1. The highest BCUT2D eigenvalue weighted by molar-refractivity contribution is 5.85. The lowest BCUT2D eigenvalue weighted by Gasteiger charge is -2.32. The minimum Gasteiger partial charge on any atom is -0.490 e. The predicted molar refractivity (Wildman–Crippen MR) is 116 cm³/mol. The first kappa shape index (κ1) is 20.3. The maximum atomic E-state index is 12.5. The maximum absolute atomic E-state index is 12.5. The Morgan fingerprint density at radius 1 is 1.14 bits per heavy atom. The van der Waals surface area contributed by atoms with Crippen LogP contribution in [0.3, 0.4) is 0 Å². The van der Waals surface area contributed by atoms with Crippen LogP contribution in [0.4, 0.5) is 0 Å². The third kappa shape index (κ3) is 5.75. The minimum atomic E-state index is 0.262. The lowest BCUT2D eigenvalue weighted by Crippen LogP contribution is -2.45. The molecule has 2 aromatic rings. The van der Waals surface area contributed by atoms with Gasteiger partial charge in [-0.1, -0.05) is 0 Å². The van der Waals surface area contributed by atoms with Crippen LogP contribution in [0, 0.1) is 0 Å². The highest BCUT2D eigenvalue weighted by Crippen LogP contribution is 2.23. The van der Waals surface area contributed by atoms with Gasteiger partial charge in [0.1, 0.15) is 17.6 Å². The van der Waals surface area contributed by atoms with Crippen molar-refractivity contribution in [2.45, 2.75) is 31.8 Å². The molecule has 0 unspecified atom stereocenters. The van der Waals surface area contributed by atoms with Crippen LogP contribution < -0.4 is 10.1 Å². The van der Waals surface area contributed by atoms with Crippen LogP contribution in [0.5, 0.6) is 5.75 Å². The molecule has 156 valence electrons. The summed E-state index contributed by atoms with van der Waals surface area (Å²) >= 11 is 0. The van der Waals surface area contributed by atoms with Gasteiger partial charge in [0.2, 0.25) is 0 Å². The molecule has 0 spiro atoms. The van der Waals surface area contributed by atoms with Crippen LogP contribution in [0.25, 0.3) is 10.8 Å². The van der Waals surface area contributed by atoms with E-state index in [0.29, 0.717) is 12.8 Å². The van der Waals surface area contributed by atoms with E-state index in [4.69, 9.17) is 4.74 Å². The molecule has 0 aliphatic carbocycles. The average molecular weight is 397 g/mol. The van der Waals surface area contributed by atoms with Crippen LogP contribution in [0.15, 0.2) is 30.5 Å². The van der Waals surface area contributed by atoms with Gasteiger partial charge in [0.25, 0.3) is 0 Å². The maximum Gasteiger partial charge on any atom is 0.140 e. The number of ether oxygens (including phenoxy) is 1. The van der Waals surface area contributed by atoms with Crippen LogP contribution >= 0.6 is 0 Å². The number of benzene rings is 1. The SMILES string of the molecule is CN1CCN(CCC(=O)Cc2cc3cc(OC4CCNCC4)ccc3cn2)CC1. The number of piperidine rings is 1. The molecule has 6 nitrogen and oxygen atoms in total. The summed E-state index contributed by atoms with van der Waals surface area (Å²) in [7, 11) is 2.15. The Morgan fingerprint density at radius 2 is 1.93 bits per heavy atom. The lowest BCUT2D eigenvalue weighted by atomic mass is 10.1. The third-order valence-corrected chi connectivity index (χ3v) is 6.02. The molecule has 1 aromatic heterocycles. The summed E-state index contributed by atoms with van der Waals surface area (Å²) in [5.74, 6) is 1.17. The van der Waals surface area contributed by atoms with Gasteiger partial charge in [0.05, 0.1) is 0 Å². The third-order valence-electron chi connectivity index (χ3n) is 6.02. The van der Waals surface area contributed by atoms with Gasteiger partial charge in [-0.25, -0.2) is 0 Å². The highest BCUT2D eigenvalue weighted by Gasteiger charge is 2.16. The fraction of sp³-hybridized carbons (Fsp3) is 0.565. The standard InChI is InChI=1S/C23H32N4O2/c1-26-10-12-27(13-11-26)9-6-21(28)16-20-14-19-15-23(3-2-18(19)17-25-20)29-22-4-7-24-8-5-22/h2-3,14-15,17,22,24H,4-13,16H2,1H3. The Bertz CT molecular complexity index is 827. The smallest absolute Gasteiger partial charge is 0.140 e. The number of carbonyl (C=O) groups is 1. The van der Waals surface area contributed by atoms with E-state index in [1.807, 2.05) is 18.3 Å². The first-order chi connectivity index (χ1) is 14.2. The molecule has 1 aromatic carbocycles. The number of piperazine rings is 1. The molecule has 0 atom stereocenters. The second-order valence-corrected chi connectivity index (χ2v) is 8.36. The van der Waals surface area contributed by atoms with E-state index < -0.39 is 0 Å². The lowest BCUT2D eigenvalue weighted by molar-refractivity contribution is -0.118. The molecule has 2 saturated heterocycles. The number of carbonyl (C=O) groups excluding carboxylic acids is 1. The number of hydrogen-bond acceptors (Lipinski definition) is 6. The second-order valence-electron chi connectivity index (χ2n) is 8.36. The summed E-state index contributed by atoms with van der Waals surface area (Å²) in [5, 5.41) is 5.53. The van der Waals surface area contributed by atoms with E-state index in [1.165, 1.54) is 0 Å². The summed E-state index contributed by atoms with van der Waals surface area (Å²) in [6, 6.07) is 8.19. The van der Waals surface area contributed by atoms with Crippen molar-refractivity contribution in [2.75, 3.05) is 52.9 Å². The van der Waals surface area contributed by atoms with Crippen molar-refractivity contribution < 1.29 is 9.53 Å². The molecular weight excluding hydrogens is 364 g/mol.